The number of amides is 2. The number of methoxy groups -OCH3 is 1. The van der Waals surface area contributed by atoms with Crippen LogP contribution in [-0.2, 0) is 4.74 Å². The first-order valence-corrected chi connectivity index (χ1v) is 6.83. The zero-order valence-corrected chi connectivity index (χ0v) is 11.7. The van der Waals surface area contributed by atoms with Crippen LogP contribution >= 0.6 is 0 Å². The van der Waals surface area contributed by atoms with Crippen molar-refractivity contribution in [3.8, 4) is 0 Å². The van der Waals surface area contributed by atoms with Crippen molar-refractivity contribution in [1.82, 2.24) is 10.2 Å². The molecule has 4 nitrogen and oxygen atoms in total. The third-order valence-electron chi connectivity index (χ3n) is 3.62. The van der Waals surface area contributed by atoms with Gasteiger partial charge >= 0.3 is 6.03 Å². The maximum absolute atomic E-state index is 12.1. The second-order valence-corrected chi connectivity index (χ2v) is 5.03. The Labute approximate surface area is 114 Å². The number of urea groups is 1. The summed E-state index contributed by atoms with van der Waals surface area (Å²) in [6.45, 7) is 3.59. The van der Waals surface area contributed by atoms with Crippen molar-refractivity contribution >= 4 is 6.03 Å². The fourth-order valence-corrected chi connectivity index (χ4v) is 2.32. The van der Waals surface area contributed by atoms with E-state index in [1.807, 2.05) is 23.1 Å². The Morgan fingerprint density at radius 2 is 2.05 bits per heavy atom. The highest BCUT2D eigenvalue weighted by molar-refractivity contribution is 5.76. The molecule has 1 aliphatic heterocycles. The molecule has 1 saturated heterocycles. The number of ether oxygens (including phenoxy) is 1. The molecule has 0 atom stereocenters. The first-order valence-electron chi connectivity index (χ1n) is 6.83. The van der Waals surface area contributed by atoms with Gasteiger partial charge in [0.25, 0.3) is 0 Å². The normalized spacial score (nSPS) is 20.6. The molecule has 0 radical (unpaired) electrons. The number of nitrogens with one attached hydrogen (secondary N) is 1. The van der Waals surface area contributed by atoms with E-state index >= 15 is 0 Å². The minimum atomic E-state index is -0.00925. The van der Waals surface area contributed by atoms with Crippen LogP contribution in [0.5, 0.6) is 0 Å². The molecule has 104 valence electrons. The van der Waals surface area contributed by atoms with Crippen LogP contribution in [0.25, 0.3) is 0 Å². The topological polar surface area (TPSA) is 41.6 Å². The maximum atomic E-state index is 12.1. The summed E-state index contributed by atoms with van der Waals surface area (Å²) in [6, 6.07) is -0.00925. The highest BCUT2D eigenvalue weighted by atomic mass is 16.5. The molecule has 0 bridgehead atoms. The van der Waals surface area contributed by atoms with Crippen molar-refractivity contribution in [3.63, 3.8) is 0 Å². The molecule has 1 N–H and O–H groups in total. The van der Waals surface area contributed by atoms with Crippen molar-refractivity contribution in [2.24, 2.45) is 0 Å². The number of rotatable bonds is 2. The smallest absolute Gasteiger partial charge is 0.321 e. The third-order valence-corrected chi connectivity index (χ3v) is 3.62. The van der Waals surface area contributed by atoms with Crippen LogP contribution in [0.3, 0.4) is 0 Å². The lowest BCUT2D eigenvalue weighted by Gasteiger charge is -2.31. The quantitative estimate of drug-likeness (QED) is 0.831. The van der Waals surface area contributed by atoms with E-state index in [2.05, 4.69) is 18.3 Å². The second-order valence-electron chi connectivity index (χ2n) is 5.03. The van der Waals surface area contributed by atoms with Gasteiger partial charge in [-0.3, -0.25) is 0 Å². The van der Waals surface area contributed by atoms with Crippen LogP contribution in [0.1, 0.15) is 26.2 Å². The van der Waals surface area contributed by atoms with E-state index < -0.39 is 0 Å². The molecule has 1 aliphatic carbocycles. The number of carbonyl (C=O) groups is 1. The number of likely N-dealkylation sites (tertiary alicyclic amines) is 1. The number of piperidine rings is 1. The summed E-state index contributed by atoms with van der Waals surface area (Å²) in [5.41, 5.74) is 2.10. The molecule has 1 heterocycles. The van der Waals surface area contributed by atoms with Gasteiger partial charge in [0.05, 0.1) is 6.10 Å². The Morgan fingerprint density at radius 3 is 2.74 bits per heavy atom. The first kappa shape index (κ1) is 13.9. The summed E-state index contributed by atoms with van der Waals surface area (Å²) < 4.78 is 5.31. The van der Waals surface area contributed by atoms with Crippen LogP contribution < -0.4 is 5.32 Å². The monoisotopic (exact) mass is 262 g/mol. The van der Waals surface area contributed by atoms with Gasteiger partial charge in [0.15, 0.2) is 0 Å². The SMILES string of the molecule is COC1CCN(C(=O)NC2=CCC=C(C)C=C2)CC1. The molecule has 19 heavy (non-hydrogen) atoms. The van der Waals surface area contributed by atoms with Crippen LogP contribution in [0.15, 0.2) is 35.6 Å². The van der Waals surface area contributed by atoms with Gasteiger partial charge in [0.1, 0.15) is 0 Å². The van der Waals surface area contributed by atoms with E-state index in [1.165, 1.54) is 5.57 Å². The fourth-order valence-electron chi connectivity index (χ4n) is 2.32. The van der Waals surface area contributed by atoms with Gasteiger partial charge in [-0.05, 0) is 32.3 Å². The Kier molecular flexibility index (Phi) is 4.80. The van der Waals surface area contributed by atoms with E-state index in [9.17, 15) is 4.79 Å². The van der Waals surface area contributed by atoms with Crippen LogP contribution in [0.2, 0.25) is 0 Å². The third kappa shape index (κ3) is 3.96. The molecule has 0 aromatic carbocycles. The lowest BCUT2D eigenvalue weighted by atomic mass is 10.1. The van der Waals surface area contributed by atoms with E-state index in [0.29, 0.717) is 6.10 Å². The molecule has 2 aliphatic rings. The molecular formula is C15H22N2O2. The summed E-state index contributed by atoms with van der Waals surface area (Å²) in [4.78, 5) is 14.0. The number of hydrogen-bond donors (Lipinski definition) is 1. The Hall–Kier alpha value is -1.55. The summed E-state index contributed by atoms with van der Waals surface area (Å²) in [6.07, 6.45) is 11.1. The average Bonchev–Trinajstić information content (AvgIpc) is 2.64. The number of hydrogen-bond acceptors (Lipinski definition) is 2. The van der Waals surface area contributed by atoms with E-state index in [1.54, 1.807) is 7.11 Å². The fraction of sp³-hybridized carbons (Fsp3) is 0.533. The van der Waals surface area contributed by atoms with Crippen LogP contribution in [0, 0.1) is 0 Å². The van der Waals surface area contributed by atoms with E-state index in [-0.39, 0.29) is 6.03 Å². The van der Waals surface area contributed by atoms with Crippen LogP contribution in [0.4, 0.5) is 4.79 Å². The first-order chi connectivity index (χ1) is 9.19. The van der Waals surface area contributed by atoms with Crippen molar-refractivity contribution in [2.45, 2.75) is 32.3 Å². The van der Waals surface area contributed by atoms with Crippen molar-refractivity contribution in [1.29, 1.82) is 0 Å². The van der Waals surface area contributed by atoms with Crippen molar-refractivity contribution in [2.75, 3.05) is 20.2 Å². The van der Waals surface area contributed by atoms with Gasteiger partial charge in [-0.2, -0.15) is 0 Å². The van der Waals surface area contributed by atoms with Gasteiger partial charge in [0, 0.05) is 25.9 Å². The van der Waals surface area contributed by atoms with Crippen molar-refractivity contribution < 1.29 is 9.53 Å². The zero-order valence-electron chi connectivity index (χ0n) is 11.7. The second kappa shape index (κ2) is 6.57. The van der Waals surface area contributed by atoms with Gasteiger partial charge in [-0.15, -0.1) is 0 Å². The maximum Gasteiger partial charge on any atom is 0.321 e. The minimum Gasteiger partial charge on any atom is -0.381 e. The molecule has 0 spiro atoms. The summed E-state index contributed by atoms with van der Waals surface area (Å²) in [5.74, 6) is 0. The number of carbonyl (C=O) groups excluding carboxylic acids is 1. The Morgan fingerprint density at radius 1 is 1.32 bits per heavy atom. The summed E-state index contributed by atoms with van der Waals surface area (Å²) in [7, 11) is 1.73. The Bertz CT molecular complexity index is 416. The lowest BCUT2D eigenvalue weighted by molar-refractivity contribution is 0.0507. The van der Waals surface area contributed by atoms with Crippen molar-refractivity contribution in [3.05, 3.63) is 35.6 Å². The number of nitrogens with zero attached hydrogens (tertiary/aromatic N) is 1. The van der Waals surface area contributed by atoms with Gasteiger partial charge < -0.3 is 15.0 Å². The van der Waals surface area contributed by atoms with Gasteiger partial charge in [0.2, 0.25) is 0 Å². The summed E-state index contributed by atoms with van der Waals surface area (Å²) >= 11 is 0. The Balaban J connectivity index is 1.85. The molecule has 4 heteroatoms. The van der Waals surface area contributed by atoms with E-state index in [0.717, 1.165) is 38.0 Å². The number of allylic oxidation sites excluding steroid dienone is 5. The molecule has 0 saturated carbocycles. The predicted octanol–water partition coefficient (Wildman–Crippen LogP) is 2.60. The van der Waals surface area contributed by atoms with Crippen LogP contribution in [-0.4, -0.2) is 37.2 Å². The van der Waals surface area contributed by atoms with Gasteiger partial charge in [-0.25, -0.2) is 4.79 Å². The molecular weight excluding hydrogens is 240 g/mol. The highest BCUT2D eigenvalue weighted by Crippen LogP contribution is 2.14. The van der Waals surface area contributed by atoms with E-state index in [4.69, 9.17) is 4.74 Å². The largest absolute Gasteiger partial charge is 0.381 e. The highest BCUT2D eigenvalue weighted by Gasteiger charge is 2.22. The summed E-state index contributed by atoms with van der Waals surface area (Å²) in [5, 5.41) is 2.97. The van der Waals surface area contributed by atoms with Gasteiger partial charge in [-0.1, -0.05) is 23.8 Å². The molecule has 0 unspecified atom stereocenters. The average molecular weight is 262 g/mol. The lowest BCUT2D eigenvalue weighted by Crippen LogP contribution is -2.45. The zero-order chi connectivity index (χ0) is 13.7. The minimum absolute atomic E-state index is 0.00925. The molecule has 1 fully saturated rings. The molecule has 2 rings (SSSR count). The molecule has 0 aromatic heterocycles. The standard InChI is InChI=1S/C15H22N2O2/c1-12-4-3-5-13(7-6-12)16-15(18)17-10-8-14(19-2)9-11-17/h4-7,14H,3,8-11H2,1-2H3,(H,16,18). The molecule has 2 amide bonds. The molecule has 0 aromatic rings. The predicted molar refractivity (Wildman–Crippen MR) is 75.7 cm³/mol.